The van der Waals surface area contributed by atoms with Crippen molar-refractivity contribution in [3.05, 3.63) is 24.0 Å². The van der Waals surface area contributed by atoms with Gasteiger partial charge in [-0.3, -0.25) is 4.79 Å². The molecule has 3 aliphatic carbocycles. The molecule has 0 aromatic rings. The monoisotopic (exact) mass is 316 g/mol. The van der Waals surface area contributed by atoms with Gasteiger partial charge >= 0.3 is 0 Å². The molecule has 0 N–H and O–H groups in total. The Morgan fingerprint density at radius 1 is 1.26 bits per heavy atom. The van der Waals surface area contributed by atoms with E-state index in [1.807, 2.05) is 0 Å². The van der Waals surface area contributed by atoms with Crippen molar-refractivity contribution >= 4 is 5.78 Å². The van der Waals surface area contributed by atoms with Crippen molar-refractivity contribution in [2.75, 3.05) is 7.11 Å². The number of methoxy groups -OCH3 is 1. The zero-order chi connectivity index (χ0) is 16.4. The molecule has 0 bridgehead atoms. The number of hydrogen-bond donors (Lipinski definition) is 0. The number of fused-ring (bicyclic) bond motifs is 3. The normalized spacial score (nSPS) is 40.8. The van der Waals surface area contributed by atoms with Crippen molar-refractivity contribution in [3.63, 3.8) is 0 Å². The predicted octanol–water partition coefficient (Wildman–Crippen LogP) is 5.44. The smallest absolute Gasteiger partial charge is 0.139 e. The lowest BCUT2D eigenvalue weighted by molar-refractivity contribution is -0.131. The van der Waals surface area contributed by atoms with Crippen LogP contribution in [0.3, 0.4) is 0 Å². The summed E-state index contributed by atoms with van der Waals surface area (Å²) in [5.41, 5.74) is 1.32. The van der Waals surface area contributed by atoms with Gasteiger partial charge in [0.25, 0.3) is 0 Å². The van der Waals surface area contributed by atoms with Crippen LogP contribution in [0.2, 0.25) is 0 Å². The Balaban J connectivity index is 1.82. The molecule has 0 aromatic carbocycles. The molecule has 0 radical (unpaired) electrons. The van der Waals surface area contributed by atoms with E-state index in [0.29, 0.717) is 11.7 Å². The van der Waals surface area contributed by atoms with E-state index in [-0.39, 0.29) is 5.41 Å². The zero-order valence-electron chi connectivity index (χ0n) is 14.9. The second kappa shape index (κ2) is 6.83. The van der Waals surface area contributed by atoms with Crippen LogP contribution in [-0.4, -0.2) is 12.9 Å². The minimum atomic E-state index is 0.0279. The fraction of sp³-hybridized carbons (Fsp3) is 0.762. The molecule has 3 rings (SSSR count). The summed E-state index contributed by atoms with van der Waals surface area (Å²) >= 11 is 0. The van der Waals surface area contributed by atoms with E-state index < -0.39 is 0 Å². The Hall–Kier alpha value is -1.05. The van der Waals surface area contributed by atoms with E-state index in [1.54, 1.807) is 7.11 Å². The number of Topliss-reactive ketones (excluding diaryl/α,β-unsaturated/α-hetero) is 1. The van der Waals surface area contributed by atoms with Crippen LogP contribution in [-0.2, 0) is 9.53 Å². The molecule has 2 nitrogen and oxygen atoms in total. The van der Waals surface area contributed by atoms with Crippen LogP contribution in [0, 0.1) is 23.2 Å². The van der Waals surface area contributed by atoms with Crippen molar-refractivity contribution in [1.29, 1.82) is 0 Å². The number of carbonyl (C=O) groups is 1. The van der Waals surface area contributed by atoms with Gasteiger partial charge in [0.1, 0.15) is 5.78 Å². The molecule has 0 amide bonds. The Kier molecular flexibility index (Phi) is 4.98. The minimum Gasteiger partial charge on any atom is -0.501 e. The molecule has 3 aliphatic rings. The molecule has 0 heterocycles. The lowest BCUT2D eigenvalue weighted by Gasteiger charge is -2.47. The van der Waals surface area contributed by atoms with Crippen LogP contribution < -0.4 is 0 Å². The Morgan fingerprint density at radius 3 is 2.83 bits per heavy atom. The number of carbonyl (C=O) groups excluding carboxylic acids is 1. The highest BCUT2D eigenvalue weighted by Gasteiger charge is 2.54. The number of allylic oxidation sites excluding steroid dienone is 2. The van der Waals surface area contributed by atoms with E-state index in [2.05, 4.69) is 19.6 Å². The molecule has 2 heteroatoms. The second-order valence-electron chi connectivity index (χ2n) is 7.96. The van der Waals surface area contributed by atoms with E-state index in [4.69, 9.17) is 4.74 Å². The Morgan fingerprint density at radius 2 is 2.09 bits per heavy atom. The molecule has 4 atom stereocenters. The minimum absolute atomic E-state index is 0.0279. The highest BCUT2D eigenvalue weighted by atomic mass is 16.5. The van der Waals surface area contributed by atoms with Gasteiger partial charge in [-0.25, -0.2) is 0 Å². The average Bonchev–Trinajstić information content (AvgIpc) is 2.90. The van der Waals surface area contributed by atoms with Crippen LogP contribution in [0.1, 0.15) is 71.1 Å². The Bertz CT molecular complexity index is 504. The molecule has 2 fully saturated rings. The maximum atomic E-state index is 12.6. The first-order chi connectivity index (χ1) is 11.1. The van der Waals surface area contributed by atoms with Crippen molar-refractivity contribution in [1.82, 2.24) is 0 Å². The van der Waals surface area contributed by atoms with Gasteiger partial charge in [-0.05, 0) is 75.2 Å². The van der Waals surface area contributed by atoms with E-state index in [0.717, 1.165) is 62.5 Å². The van der Waals surface area contributed by atoms with Crippen molar-refractivity contribution < 1.29 is 9.53 Å². The third-order valence-corrected chi connectivity index (χ3v) is 7.09. The van der Waals surface area contributed by atoms with Gasteiger partial charge in [-0.15, -0.1) is 0 Å². The first kappa shape index (κ1) is 16.8. The predicted molar refractivity (Wildman–Crippen MR) is 94.0 cm³/mol. The van der Waals surface area contributed by atoms with Gasteiger partial charge in [-0.1, -0.05) is 19.1 Å². The topological polar surface area (TPSA) is 26.3 Å². The van der Waals surface area contributed by atoms with Gasteiger partial charge in [0.15, 0.2) is 0 Å². The lowest BCUT2D eigenvalue weighted by atomic mass is 9.56. The quantitative estimate of drug-likeness (QED) is 0.634. The number of ketones is 1. The highest BCUT2D eigenvalue weighted by molar-refractivity contribution is 5.87. The van der Waals surface area contributed by atoms with Crippen LogP contribution >= 0.6 is 0 Å². The third kappa shape index (κ3) is 3.02. The van der Waals surface area contributed by atoms with Crippen LogP contribution in [0.25, 0.3) is 0 Å². The van der Waals surface area contributed by atoms with Gasteiger partial charge in [0, 0.05) is 18.3 Å². The van der Waals surface area contributed by atoms with Gasteiger partial charge in [-0.2, -0.15) is 0 Å². The third-order valence-electron chi connectivity index (χ3n) is 7.09. The Labute approximate surface area is 141 Å². The molecule has 128 valence electrons. The summed E-state index contributed by atoms with van der Waals surface area (Å²) < 4.78 is 5.50. The second-order valence-corrected chi connectivity index (χ2v) is 7.96. The summed E-state index contributed by atoms with van der Waals surface area (Å²) in [6, 6.07) is 0. The average molecular weight is 316 g/mol. The largest absolute Gasteiger partial charge is 0.501 e. The van der Waals surface area contributed by atoms with E-state index in [9.17, 15) is 4.79 Å². The van der Waals surface area contributed by atoms with Crippen molar-refractivity contribution in [3.8, 4) is 0 Å². The SMILES string of the molecule is C=C1CC[C@H]2C3CCC(=O)[C@@]3(CC)CC[C@@H]2CC/C=C(/OC)C1. The summed E-state index contributed by atoms with van der Waals surface area (Å²) in [6.07, 6.45) is 13.2. The summed E-state index contributed by atoms with van der Waals surface area (Å²) in [7, 11) is 1.77. The van der Waals surface area contributed by atoms with Crippen LogP contribution in [0.15, 0.2) is 24.0 Å². The van der Waals surface area contributed by atoms with Gasteiger partial charge in [0.2, 0.25) is 0 Å². The summed E-state index contributed by atoms with van der Waals surface area (Å²) in [6.45, 7) is 6.51. The summed E-state index contributed by atoms with van der Waals surface area (Å²) in [4.78, 5) is 12.6. The fourth-order valence-corrected chi connectivity index (χ4v) is 5.78. The first-order valence-corrected chi connectivity index (χ1v) is 9.53. The standard InChI is InChI=1S/C21H32O2/c1-4-21-13-12-16-6-5-7-17(23-3)14-15(2)8-9-18(16)19(21)10-11-20(21)22/h7,16,18-19H,2,4-6,8-14H2,1,3H3/b17-7+/t16-,18+,19?,21-/m0/s1. The van der Waals surface area contributed by atoms with E-state index >= 15 is 0 Å². The molecule has 1 unspecified atom stereocenters. The molecule has 0 saturated heterocycles. The molecular weight excluding hydrogens is 284 g/mol. The van der Waals surface area contributed by atoms with Crippen LogP contribution in [0.5, 0.6) is 0 Å². The van der Waals surface area contributed by atoms with Crippen molar-refractivity contribution in [2.45, 2.75) is 71.1 Å². The zero-order valence-corrected chi connectivity index (χ0v) is 14.9. The van der Waals surface area contributed by atoms with E-state index in [1.165, 1.54) is 24.8 Å². The lowest BCUT2D eigenvalue weighted by Crippen LogP contribution is -2.43. The molecule has 0 spiro atoms. The van der Waals surface area contributed by atoms with Crippen molar-refractivity contribution in [2.24, 2.45) is 23.2 Å². The molecular formula is C21H32O2. The maximum absolute atomic E-state index is 12.6. The number of rotatable bonds is 2. The highest BCUT2D eigenvalue weighted by Crippen LogP contribution is 2.58. The summed E-state index contributed by atoms with van der Waals surface area (Å²) in [5, 5.41) is 0. The molecule has 0 aliphatic heterocycles. The fourth-order valence-electron chi connectivity index (χ4n) is 5.78. The first-order valence-electron chi connectivity index (χ1n) is 9.53. The summed E-state index contributed by atoms with van der Waals surface area (Å²) in [5.74, 6) is 3.80. The molecule has 0 aromatic heterocycles. The van der Waals surface area contributed by atoms with Crippen LogP contribution in [0.4, 0.5) is 0 Å². The maximum Gasteiger partial charge on any atom is 0.139 e. The molecule has 2 saturated carbocycles. The molecule has 23 heavy (non-hydrogen) atoms. The van der Waals surface area contributed by atoms with Gasteiger partial charge in [0.05, 0.1) is 12.9 Å². The number of ether oxygens (including phenoxy) is 1. The van der Waals surface area contributed by atoms with Gasteiger partial charge < -0.3 is 4.74 Å². The number of hydrogen-bond acceptors (Lipinski definition) is 2.